The molecule has 3 N–H and O–H groups in total. The molecule has 0 bridgehead atoms. The summed E-state index contributed by atoms with van der Waals surface area (Å²) < 4.78 is 38.9. The van der Waals surface area contributed by atoms with Crippen LogP contribution in [0, 0.1) is 10.1 Å². The predicted molar refractivity (Wildman–Crippen MR) is 74.1 cm³/mol. The maximum atomic E-state index is 13.0. The normalized spacial score (nSPS) is 12.3. The second-order valence-corrected chi connectivity index (χ2v) is 4.91. The molecule has 0 saturated carbocycles. The SMILES string of the molecule is CCC(N)(CC)CNc1ccc([N+](=O)[O-])cc1C(F)(F)F. The first kappa shape index (κ1) is 17.2. The number of rotatable bonds is 6. The molecule has 0 aliphatic rings. The van der Waals surface area contributed by atoms with Gasteiger partial charge in [0, 0.05) is 29.9 Å². The molecule has 0 aromatic heterocycles. The summed E-state index contributed by atoms with van der Waals surface area (Å²) in [5.74, 6) is 0. The van der Waals surface area contributed by atoms with E-state index in [1.807, 2.05) is 13.8 Å². The van der Waals surface area contributed by atoms with Gasteiger partial charge in [0.05, 0.1) is 10.5 Å². The fraction of sp³-hybridized carbons (Fsp3) is 0.538. The van der Waals surface area contributed by atoms with E-state index in [9.17, 15) is 23.3 Å². The number of halogens is 3. The second kappa shape index (κ2) is 6.30. The highest BCUT2D eigenvalue weighted by Crippen LogP contribution is 2.37. The first-order valence-corrected chi connectivity index (χ1v) is 6.51. The van der Waals surface area contributed by atoms with Crippen molar-refractivity contribution in [1.82, 2.24) is 0 Å². The van der Waals surface area contributed by atoms with Crippen molar-refractivity contribution in [3.05, 3.63) is 33.9 Å². The average Bonchev–Trinajstić information content (AvgIpc) is 2.43. The highest BCUT2D eigenvalue weighted by molar-refractivity contribution is 5.57. The number of alkyl halides is 3. The summed E-state index contributed by atoms with van der Waals surface area (Å²) in [6.07, 6.45) is -3.47. The zero-order valence-electron chi connectivity index (χ0n) is 11.8. The number of nitro groups is 1. The standard InChI is InChI=1S/C13H18F3N3O2/c1-3-12(17,4-2)8-18-11-6-5-9(19(20)21)7-10(11)13(14,15)16/h5-7,18H,3-4,8,17H2,1-2H3. The Hall–Kier alpha value is -1.83. The van der Waals surface area contributed by atoms with Crippen LogP contribution in [-0.4, -0.2) is 17.0 Å². The largest absolute Gasteiger partial charge is 0.418 e. The lowest BCUT2D eigenvalue weighted by Crippen LogP contribution is -2.45. The molecule has 0 radical (unpaired) electrons. The van der Waals surface area contributed by atoms with Crippen molar-refractivity contribution in [3.63, 3.8) is 0 Å². The van der Waals surface area contributed by atoms with Gasteiger partial charge in [0.25, 0.3) is 5.69 Å². The van der Waals surface area contributed by atoms with Gasteiger partial charge in [-0.25, -0.2) is 0 Å². The van der Waals surface area contributed by atoms with E-state index in [0.29, 0.717) is 18.9 Å². The number of non-ortho nitro benzene ring substituents is 1. The van der Waals surface area contributed by atoms with E-state index in [1.54, 1.807) is 0 Å². The van der Waals surface area contributed by atoms with Crippen molar-refractivity contribution < 1.29 is 18.1 Å². The van der Waals surface area contributed by atoms with Crippen LogP contribution in [0.4, 0.5) is 24.5 Å². The van der Waals surface area contributed by atoms with E-state index in [1.165, 1.54) is 0 Å². The number of nitro benzene ring substituents is 1. The summed E-state index contributed by atoms with van der Waals surface area (Å²) in [5.41, 5.74) is 3.54. The van der Waals surface area contributed by atoms with Crippen LogP contribution in [-0.2, 0) is 6.18 Å². The third kappa shape index (κ3) is 4.32. The van der Waals surface area contributed by atoms with E-state index in [-0.39, 0.29) is 12.2 Å². The van der Waals surface area contributed by atoms with Crippen LogP contribution in [0.25, 0.3) is 0 Å². The fourth-order valence-corrected chi connectivity index (χ4v) is 1.81. The minimum absolute atomic E-state index is 0.154. The minimum atomic E-state index is -4.68. The van der Waals surface area contributed by atoms with Gasteiger partial charge in [-0.05, 0) is 18.9 Å². The molecule has 1 aromatic carbocycles. The lowest BCUT2D eigenvalue weighted by molar-refractivity contribution is -0.385. The topological polar surface area (TPSA) is 81.2 Å². The molecule has 0 spiro atoms. The van der Waals surface area contributed by atoms with Gasteiger partial charge in [0.15, 0.2) is 0 Å². The molecule has 0 aliphatic heterocycles. The van der Waals surface area contributed by atoms with Crippen molar-refractivity contribution in [2.24, 2.45) is 5.73 Å². The van der Waals surface area contributed by atoms with Crippen LogP contribution in [0.15, 0.2) is 18.2 Å². The lowest BCUT2D eigenvalue weighted by atomic mass is 9.94. The average molecular weight is 305 g/mol. The minimum Gasteiger partial charge on any atom is -0.383 e. The lowest BCUT2D eigenvalue weighted by Gasteiger charge is -2.28. The van der Waals surface area contributed by atoms with Gasteiger partial charge < -0.3 is 11.1 Å². The zero-order chi connectivity index (χ0) is 16.3. The Labute approximate surface area is 120 Å². The molecule has 0 heterocycles. The first-order chi connectivity index (χ1) is 9.63. The van der Waals surface area contributed by atoms with Crippen molar-refractivity contribution in [3.8, 4) is 0 Å². The molecule has 0 saturated heterocycles. The van der Waals surface area contributed by atoms with Gasteiger partial charge in [0.2, 0.25) is 0 Å². The number of benzene rings is 1. The molecule has 0 aliphatic carbocycles. The van der Waals surface area contributed by atoms with Gasteiger partial charge in [-0.2, -0.15) is 13.2 Å². The Balaban J connectivity index is 3.10. The molecule has 5 nitrogen and oxygen atoms in total. The summed E-state index contributed by atoms with van der Waals surface area (Å²) in [7, 11) is 0. The molecular weight excluding hydrogens is 287 g/mol. The van der Waals surface area contributed by atoms with Crippen molar-refractivity contribution in [2.75, 3.05) is 11.9 Å². The molecular formula is C13H18F3N3O2. The third-order valence-electron chi connectivity index (χ3n) is 3.56. The molecule has 0 amide bonds. The smallest absolute Gasteiger partial charge is 0.383 e. The van der Waals surface area contributed by atoms with Crippen molar-refractivity contribution in [1.29, 1.82) is 0 Å². The molecule has 8 heteroatoms. The van der Waals surface area contributed by atoms with Crippen LogP contribution < -0.4 is 11.1 Å². The Bertz CT molecular complexity index is 514. The molecule has 21 heavy (non-hydrogen) atoms. The third-order valence-corrected chi connectivity index (χ3v) is 3.56. The Morgan fingerprint density at radius 1 is 1.29 bits per heavy atom. The summed E-state index contributed by atoms with van der Waals surface area (Å²) in [5, 5.41) is 13.3. The Morgan fingerprint density at radius 2 is 1.86 bits per heavy atom. The number of nitrogens with one attached hydrogen (secondary N) is 1. The number of nitrogens with zero attached hydrogens (tertiary/aromatic N) is 1. The number of anilines is 1. The summed E-state index contributed by atoms with van der Waals surface area (Å²) >= 11 is 0. The molecule has 118 valence electrons. The molecule has 0 unspecified atom stereocenters. The van der Waals surface area contributed by atoms with Crippen LogP contribution in [0.2, 0.25) is 0 Å². The highest BCUT2D eigenvalue weighted by atomic mass is 19.4. The van der Waals surface area contributed by atoms with Gasteiger partial charge in [-0.15, -0.1) is 0 Å². The maximum absolute atomic E-state index is 13.0. The van der Waals surface area contributed by atoms with Crippen molar-refractivity contribution in [2.45, 2.75) is 38.4 Å². The van der Waals surface area contributed by atoms with E-state index in [4.69, 9.17) is 5.73 Å². The predicted octanol–water partition coefficient (Wildman–Crippen LogP) is 3.54. The zero-order valence-corrected chi connectivity index (χ0v) is 11.8. The van der Waals surface area contributed by atoms with Crippen LogP contribution >= 0.6 is 0 Å². The van der Waals surface area contributed by atoms with E-state index < -0.39 is 27.9 Å². The van der Waals surface area contributed by atoms with E-state index in [2.05, 4.69) is 5.32 Å². The highest BCUT2D eigenvalue weighted by Gasteiger charge is 2.35. The Morgan fingerprint density at radius 3 is 2.29 bits per heavy atom. The monoisotopic (exact) mass is 305 g/mol. The molecule has 0 atom stereocenters. The number of nitrogens with two attached hydrogens (primary N) is 1. The number of hydrogen-bond acceptors (Lipinski definition) is 4. The Kier molecular flexibility index (Phi) is 5.16. The summed E-state index contributed by atoms with van der Waals surface area (Å²) in [6.45, 7) is 3.86. The van der Waals surface area contributed by atoms with Gasteiger partial charge >= 0.3 is 6.18 Å². The summed E-state index contributed by atoms with van der Waals surface area (Å²) in [6, 6.07) is 2.62. The summed E-state index contributed by atoms with van der Waals surface area (Å²) in [4.78, 5) is 9.74. The van der Waals surface area contributed by atoms with Crippen molar-refractivity contribution >= 4 is 11.4 Å². The van der Waals surface area contributed by atoms with Crippen LogP contribution in [0.3, 0.4) is 0 Å². The van der Waals surface area contributed by atoms with E-state index >= 15 is 0 Å². The van der Waals surface area contributed by atoms with Crippen LogP contribution in [0.1, 0.15) is 32.3 Å². The second-order valence-electron chi connectivity index (χ2n) is 4.91. The molecule has 1 aromatic rings. The fourth-order valence-electron chi connectivity index (χ4n) is 1.81. The van der Waals surface area contributed by atoms with E-state index in [0.717, 1.165) is 12.1 Å². The molecule has 0 fully saturated rings. The quantitative estimate of drug-likeness (QED) is 0.622. The molecule has 1 rings (SSSR count). The first-order valence-electron chi connectivity index (χ1n) is 6.51. The number of hydrogen-bond donors (Lipinski definition) is 2. The van der Waals surface area contributed by atoms with Gasteiger partial charge in [0.1, 0.15) is 0 Å². The van der Waals surface area contributed by atoms with Crippen LogP contribution in [0.5, 0.6) is 0 Å². The van der Waals surface area contributed by atoms with Gasteiger partial charge in [-0.3, -0.25) is 10.1 Å². The van der Waals surface area contributed by atoms with Gasteiger partial charge in [-0.1, -0.05) is 13.8 Å². The maximum Gasteiger partial charge on any atom is 0.418 e.